The number of carbonyl (C=O) groups excluding carboxylic acids is 1. The minimum absolute atomic E-state index is 0.0832. The van der Waals surface area contributed by atoms with Gasteiger partial charge in [0.2, 0.25) is 0 Å². The molecule has 0 radical (unpaired) electrons. The maximum Gasteiger partial charge on any atom is 0.272 e. The fourth-order valence-corrected chi connectivity index (χ4v) is 1.67. The van der Waals surface area contributed by atoms with Crippen LogP contribution in [0.4, 0.5) is 5.69 Å². The van der Waals surface area contributed by atoms with E-state index >= 15 is 0 Å². The van der Waals surface area contributed by atoms with Crippen LogP contribution in [-0.2, 0) is 7.05 Å². The first-order valence-electron chi connectivity index (χ1n) is 5.72. The number of aryl methyl sites for hydroxylation is 1. The molecule has 0 saturated carbocycles. The lowest BCUT2D eigenvalue weighted by Crippen LogP contribution is -2.27. The Balaban J connectivity index is 2.05. The largest absolute Gasteiger partial charge is 0.399 e. The molecule has 0 saturated heterocycles. The monoisotopic (exact) mass is 244 g/mol. The van der Waals surface area contributed by atoms with Crippen LogP contribution in [0.1, 0.15) is 29.0 Å². The summed E-state index contributed by atoms with van der Waals surface area (Å²) >= 11 is 0. The summed E-state index contributed by atoms with van der Waals surface area (Å²) < 4.78 is 1.60. The second-order valence-electron chi connectivity index (χ2n) is 4.24. The maximum absolute atomic E-state index is 11.9. The zero-order valence-corrected chi connectivity index (χ0v) is 10.4. The molecule has 0 aliphatic rings. The van der Waals surface area contributed by atoms with E-state index in [1.807, 2.05) is 31.2 Å². The number of amides is 1. The second kappa shape index (κ2) is 4.91. The summed E-state index contributed by atoms with van der Waals surface area (Å²) in [4.78, 5) is 11.9. The van der Waals surface area contributed by atoms with Crippen LogP contribution >= 0.6 is 0 Å². The van der Waals surface area contributed by atoms with Crippen LogP contribution in [0, 0.1) is 0 Å². The van der Waals surface area contributed by atoms with E-state index in [0.717, 1.165) is 5.56 Å². The Morgan fingerprint density at radius 2 is 2.00 bits per heavy atom. The number of hydrogen-bond donors (Lipinski definition) is 2. The first kappa shape index (κ1) is 12.2. The first-order valence-corrected chi connectivity index (χ1v) is 5.72. The van der Waals surface area contributed by atoms with Gasteiger partial charge < -0.3 is 11.1 Å². The minimum Gasteiger partial charge on any atom is -0.399 e. The van der Waals surface area contributed by atoms with Gasteiger partial charge in [-0.25, -0.2) is 0 Å². The van der Waals surface area contributed by atoms with Crippen LogP contribution in [0.25, 0.3) is 0 Å². The molecule has 0 fully saturated rings. The number of rotatable bonds is 3. The highest BCUT2D eigenvalue weighted by atomic mass is 16.2. The third-order valence-corrected chi connectivity index (χ3v) is 2.73. The maximum atomic E-state index is 11.9. The van der Waals surface area contributed by atoms with Crippen molar-refractivity contribution in [1.82, 2.24) is 15.1 Å². The molecular formula is C13H16N4O. The molecule has 0 aliphatic carbocycles. The number of anilines is 1. The summed E-state index contributed by atoms with van der Waals surface area (Å²) in [5.74, 6) is -0.181. The van der Waals surface area contributed by atoms with Crippen molar-refractivity contribution in [3.8, 4) is 0 Å². The van der Waals surface area contributed by atoms with E-state index in [-0.39, 0.29) is 11.9 Å². The first-order chi connectivity index (χ1) is 8.56. The van der Waals surface area contributed by atoms with Gasteiger partial charge in [-0.2, -0.15) is 5.10 Å². The third-order valence-electron chi connectivity index (χ3n) is 2.73. The molecule has 1 heterocycles. The van der Waals surface area contributed by atoms with Crippen LogP contribution in [0.2, 0.25) is 0 Å². The van der Waals surface area contributed by atoms with Gasteiger partial charge in [0.15, 0.2) is 0 Å². The Bertz CT molecular complexity index is 544. The fourth-order valence-electron chi connectivity index (χ4n) is 1.67. The van der Waals surface area contributed by atoms with Crippen molar-refractivity contribution in [2.24, 2.45) is 7.05 Å². The summed E-state index contributed by atoms with van der Waals surface area (Å²) in [6.45, 7) is 1.92. The van der Waals surface area contributed by atoms with E-state index in [2.05, 4.69) is 10.4 Å². The van der Waals surface area contributed by atoms with Gasteiger partial charge in [0.25, 0.3) is 5.91 Å². The van der Waals surface area contributed by atoms with Crippen LogP contribution in [0.5, 0.6) is 0 Å². The summed E-state index contributed by atoms with van der Waals surface area (Å²) in [5.41, 5.74) is 7.76. The molecule has 1 atom stereocenters. The Labute approximate surface area is 106 Å². The molecule has 1 aromatic heterocycles. The predicted molar refractivity (Wildman–Crippen MR) is 69.9 cm³/mol. The van der Waals surface area contributed by atoms with E-state index in [4.69, 9.17) is 5.73 Å². The standard InChI is InChI=1S/C13H16N4O/c1-9(10-3-5-11(14)6-4-10)15-13(18)12-7-8-17(2)16-12/h3-9H,14H2,1-2H3,(H,15,18). The molecule has 94 valence electrons. The normalized spacial score (nSPS) is 12.1. The summed E-state index contributed by atoms with van der Waals surface area (Å²) in [7, 11) is 1.78. The Hall–Kier alpha value is -2.30. The SMILES string of the molecule is CC(NC(=O)c1ccn(C)n1)c1ccc(N)cc1. The Morgan fingerprint density at radius 1 is 1.33 bits per heavy atom. The van der Waals surface area contributed by atoms with Gasteiger partial charge in [0.1, 0.15) is 5.69 Å². The van der Waals surface area contributed by atoms with Gasteiger partial charge in [-0.05, 0) is 30.7 Å². The Morgan fingerprint density at radius 3 is 2.56 bits per heavy atom. The second-order valence-corrected chi connectivity index (χ2v) is 4.24. The number of nitrogens with one attached hydrogen (secondary N) is 1. The zero-order chi connectivity index (χ0) is 13.1. The lowest BCUT2D eigenvalue weighted by molar-refractivity contribution is 0.0934. The van der Waals surface area contributed by atoms with Gasteiger partial charge in [-0.3, -0.25) is 9.48 Å². The van der Waals surface area contributed by atoms with Gasteiger partial charge in [-0.1, -0.05) is 12.1 Å². The number of nitrogen functional groups attached to an aromatic ring is 1. The van der Waals surface area contributed by atoms with Crippen molar-refractivity contribution in [3.05, 3.63) is 47.8 Å². The zero-order valence-electron chi connectivity index (χ0n) is 10.4. The van der Waals surface area contributed by atoms with E-state index in [1.165, 1.54) is 0 Å². The molecule has 0 bridgehead atoms. The predicted octanol–water partition coefficient (Wildman–Crippen LogP) is 1.49. The number of nitrogens with zero attached hydrogens (tertiary/aromatic N) is 2. The quantitative estimate of drug-likeness (QED) is 0.803. The van der Waals surface area contributed by atoms with Crippen molar-refractivity contribution in [1.29, 1.82) is 0 Å². The van der Waals surface area contributed by atoms with E-state index < -0.39 is 0 Å². The molecule has 5 heteroatoms. The van der Waals surface area contributed by atoms with Crippen molar-refractivity contribution in [2.75, 3.05) is 5.73 Å². The van der Waals surface area contributed by atoms with Gasteiger partial charge in [0.05, 0.1) is 6.04 Å². The Kier molecular flexibility index (Phi) is 3.32. The van der Waals surface area contributed by atoms with Crippen molar-refractivity contribution < 1.29 is 4.79 Å². The average Bonchev–Trinajstić information content (AvgIpc) is 2.76. The van der Waals surface area contributed by atoms with Crippen molar-refractivity contribution in [3.63, 3.8) is 0 Å². The van der Waals surface area contributed by atoms with Gasteiger partial charge in [-0.15, -0.1) is 0 Å². The minimum atomic E-state index is -0.181. The third kappa shape index (κ3) is 2.68. The van der Waals surface area contributed by atoms with Crippen LogP contribution in [0.15, 0.2) is 36.5 Å². The number of aromatic nitrogens is 2. The topological polar surface area (TPSA) is 72.9 Å². The number of nitrogens with two attached hydrogens (primary N) is 1. The highest BCUT2D eigenvalue weighted by molar-refractivity contribution is 5.92. The molecule has 0 spiro atoms. The van der Waals surface area contributed by atoms with Crippen LogP contribution in [-0.4, -0.2) is 15.7 Å². The van der Waals surface area contributed by atoms with E-state index in [1.54, 1.807) is 24.0 Å². The van der Waals surface area contributed by atoms with Crippen molar-refractivity contribution >= 4 is 11.6 Å². The molecule has 2 aromatic rings. The van der Waals surface area contributed by atoms with Gasteiger partial charge >= 0.3 is 0 Å². The van der Waals surface area contributed by atoms with E-state index in [0.29, 0.717) is 11.4 Å². The molecule has 0 aliphatic heterocycles. The molecule has 5 nitrogen and oxygen atoms in total. The van der Waals surface area contributed by atoms with Gasteiger partial charge in [0, 0.05) is 18.9 Å². The molecule has 18 heavy (non-hydrogen) atoms. The lowest BCUT2D eigenvalue weighted by Gasteiger charge is -2.13. The highest BCUT2D eigenvalue weighted by Crippen LogP contribution is 2.14. The molecule has 1 unspecified atom stereocenters. The molecule has 1 aromatic carbocycles. The van der Waals surface area contributed by atoms with Crippen LogP contribution in [0.3, 0.4) is 0 Å². The summed E-state index contributed by atoms with van der Waals surface area (Å²) in [5, 5.41) is 6.95. The average molecular weight is 244 g/mol. The molecular weight excluding hydrogens is 228 g/mol. The smallest absolute Gasteiger partial charge is 0.272 e. The number of benzene rings is 1. The fraction of sp³-hybridized carbons (Fsp3) is 0.231. The molecule has 2 rings (SSSR count). The summed E-state index contributed by atoms with van der Waals surface area (Å²) in [6, 6.07) is 9.04. The van der Waals surface area contributed by atoms with Crippen molar-refractivity contribution in [2.45, 2.75) is 13.0 Å². The molecule has 1 amide bonds. The molecule has 3 N–H and O–H groups in total. The van der Waals surface area contributed by atoms with Crippen LogP contribution < -0.4 is 11.1 Å². The number of hydrogen-bond acceptors (Lipinski definition) is 3. The summed E-state index contributed by atoms with van der Waals surface area (Å²) in [6.07, 6.45) is 1.74. The number of carbonyl (C=O) groups is 1. The lowest BCUT2D eigenvalue weighted by atomic mass is 10.1. The van der Waals surface area contributed by atoms with E-state index in [9.17, 15) is 4.79 Å². The highest BCUT2D eigenvalue weighted by Gasteiger charge is 2.13.